The fourth-order valence-corrected chi connectivity index (χ4v) is 3.56. The molecule has 0 radical (unpaired) electrons. The highest BCUT2D eigenvalue weighted by Crippen LogP contribution is 2.40. The number of carbonyl (C=O) groups excluding carboxylic acids is 1. The number of hydrogen-bond donors (Lipinski definition) is 1. The molecular formula is C16H20N4O4. The Kier molecular flexibility index (Phi) is 3.85. The third-order valence-electron chi connectivity index (χ3n) is 4.89. The Morgan fingerprint density at radius 2 is 2.29 bits per heavy atom. The number of hydrogen-bond acceptors (Lipinski definition) is 7. The van der Waals surface area contributed by atoms with E-state index in [-0.39, 0.29) is 11.3 Å². The fourth-order valence-electron chi connectivity index (χ4n) is 3.56. The quantitative estimate of drug-likeness (QED) is 0.845. The lowest BCUT2D eigenvalue weighted by molar-refractivity contribution is -0.102. The Morgan fingerprint density at radius 3 is 3.08 bits per heavy atom. The fraction of sp³-hybridized carbons (Fsp3) is 0.562. The number of rotatable bonds is 3. The number of nitrogens with one attached hydrogen (secondary N) is 1. The lowest BCUT2D eigenvalue weighted by Crippen LogP contribution is -2.46. The normalized spacial score (nSPS) is 20.0. The third kappa shape index (κ3) is 2.61. The Morgan fingerprint density at radius 1 is 1.46 bits per heavy atom. The second kappa shape index (κ2) is 6.03. The summed E-state index contributed by atoms with van der Waals surface area (Å²) in [5.41, 5.74) is 2.37. The summed E-state index contributed by atoms with van der Waals surface area (Å²) in [5, 5.41) is 7.31. The molecule has 0 bridgehead atoms. The van der Waals surface area contributed by atoms with Crippen LogP contribution in [-0.2, 0) is 28.0 Å². The van der Waals surface area contributed by atoms with Crippen LogP contribution >= 0.6 is 0 Å². The largest absolute Gasteiger partial charge is 0.464 e. The van der Waals surface area contributed by atoms with Gasteiger partial charge in [-0.1, -0.05) is 0 Å². The van der Waals surface area contributed by atoms with E-state index in [0.717, 1.165) is 44.7 Å². The van der Waals surface area contributed by atoms with Crippen molar-refractivity contribution in [1.82, 2.24) is 20.1 Å². The van der Waals surface area contributed by atoms with Crippen molar-refractivity contribution in [3.05, 3.63) is 35.3 Å². The van der Waals surface area contributed by atoms with Crippen LogP contribution in [0.2, 0.25) is 0 Å². The predicted octanol–water partition coefficient (Wildman–Crippen LogP) is 1.25. The van der Waals surface area contributed by atoms with E-state index in [4.69, 9.17) is 9.15 Å². The number of esters is 1. The number of likely N-dealkylation sites (tertiary alicyclic amines) is 1. The molecule has 1 fully saturated rings. The maximum Gasteiger partial charge on any atom is 0.360 e. The van der Waals surface area contributed by atoms with Gasteiger partial charge in [-0.05, 0) is 24.8 Å². The average Bonchev–Trinajstić information content (AvgIpc) is 3.26. The minimum absolute atomic E-state index is 0.207. The highest BCUT2D eigenvalue weighted by atomic mass is 16.5. The first kappa shape index (κ1) is 15.3. The van der Waals surface area contributed by atoms with Crippen LogP contribution in [0.15, 0.2) is 16.9 Å². The summed E-state index contributed by atoms with van der Waals surface area (Å²) in [7, 11) is 1.33. The Labute approximate surface area is 139 Å². The number of nitrogens with zero attached hydrogens (tertiary/aromatic N) is 3. The molecule has 128 valence electrons. The zero-order chi connectivity index (χ0) is 16.6. The number of aromatic nitrogens is 3. The average molecular weight is 332 g/mol. The van der Waals surface area contributed by atoms with Gasteiger partial charge in [0.2, 0.25) is 5.89 Å². The van der Waals surface area contributed by atoms with Crippen LogP contribution < -0.4 is 0 Å². The SMILES string of the molecule is COC(=O)c1coc(CN2CCC3(CC2)OCCc2cn[nH]c23)n1. The minimum atomic E-state index is -0.482. The summed E-state index contributed by atoms with van der Waals surface area (Å²) in [6.07, 6.45) is 5.96. The monoisotopic (exact) mass is 332 g/mol. The number of methoxy groups -OCH3 is 1. The van der Waals surface area contributed by atoms with E-state index in [9.17, 15) is 4.79 Å². The van der Waals surface area contributed by atoms with Crippen LogP contribution in [0, 0.1) is 0 Å². The van der Waals surface area contributed by atoms with Crippen molar-refractivity contribution in [2.24, 2.45) is 0 Å². The molecular weight excluding hydrogens is 312 g/mol. The van der Waals surface area contributed by atoms with E-state index in [2.05, 4.69) is 24.8 Å². The lowest BCUT2D eigenvalue weighted by Gasteiger charge is -2.43. The zero-order valence-corrected chi connectivity index (χ0v) is 13.6. The van der Waals surface area contributed by atoms with Crippen molar-refractivity contribution in [3.8, 4) is 0 Å². The van der Waals surface area contributed by atoms with Crippen molar-refractivity contribution in [1.29, 1.82) is 0 Å². The molecule has 8 nitrogen and oxygen atoms in total. The van der Waals surface area contributed by atoms with Crippen LogP contribution in [0.1, 0.15) is 40.5 Å². The molecule has 1 spiro atoms. The highest BCUT2D eigenvalue weighted by Gasteiger charge is 2.42. The Balaban J connectivity index is 1.41. The van der Waals surface area contributed by atoms with Gasteiger partial charge in [0.25, 0.3) is 0 Å². The van der Waals surface area contributed by atoms with Crippen LogP contribution in [0.5, 0.6) is 0 Å². The van der Waals surface area contributed by atoms with E-state index >= 15 is 0 Å². The molecule has 1 N–H and O–H groups in total. The van der Waals surface area contributed by atoms with Crippen LogP contribution in [-0.4, -0.2) is 52.9 Å². The predicted molar refractivity (Wildman–Crippen MR) is 82.3 cm³/mol. The molecule has 1 saturated heterocycles. The van der Waals surface area contributed by atoms with Crippen molar-refractivity contribution in [2.45, 2.75) is 31.4 Å². The standard InChI is InChI=1S/C16H20N4O4/c1-22-15(21)12-10-23-13(18-12)9-20-5-3-16(4-6-20)14-11(2-7-24-16)8-17-19-14/h8,10H,2-7,9H2,1H3,(H,17,19). The number of oxazole rings is 1. The number of ether oxygens (including phenoxy) is 2. The van der Waals surface area contributed by atoms with Gasteiger partial charge in [-0.2, -0.15) is 5.10 Å². The number of piperidine rings is 1. The maximum atomic E-state index is 11.4. The first-order chi connectivity index (χ1) is 11.7. The molecule has 4 rings (SSSR count). The van der Waals surface area contributed by atoms with E-state index in [0.29, 0.717) is 12.4 Å². The first-order valence-electron chi connectivity index (χ1n) is 8.12. The van der Waals surface area contributed by atoms with E-state index < -0.39 is 5.97 Å². The summed E-state index contributed by atoms with van der Waals surface area (Å²) in [5.74, 6) is 0.0446. The van der Waals surface area contributed by atoms with Gasteiger partial charge < -0.3 is 13.9 Å². The van der Waals surface area contributed by atoms with Gasteiger partial charge in [0.1, 0.15) is 11.9 Å². The molecule has 0 amide bonds. The highest BCUT2D eigenvalue weighted by molar-refractivity contribution is 5.86. The molecule has 0 unspecified atom stereocenters. The van der Waals surface area contributed by atoms with Gasteiger partial charge in [0.05, 0.1) is 32.2 Å². The zero-order valence-electron chi connectivity index (χ0n) is 13.6. The smallest absolute Gasteiger partial charge is 0.360 e. The first-order valence-corrected chi connectivity index (χ1v) is 8.12. The summed E-state index contributed by atoms with van der Waals surface area (Å²) in [6.45, 7) is 3.06. The van der Waals surface area contributed by atoms with Crippen LogP contribution in [0.4, 0.5) is 0 Å². The Bertz CT molecular complexity index is 730. The molecule has 2 aromatic heterocycles. The van der Waals surface area contributed by atoms with Crippen molar-refractivity contribution in [2.75, 3.05) is 26.8 Å². The molecule has 2 aliphatic heterocycles. The summed E-state index contributed by atoms with van der Waals surface area (Å²) in [6, 6.07) is 0. The second-order valence-electron chi connectivity index (χ2n) is 6.26. The maximum absolute atomic E-state index is 11.4. The molecule has 24 heavy (non-hydrogen) atoms. The van der Waals surface area contributed by atoms with Gasteiger partial charge in [0.15, 0.2) is 5.69 Å². The van der Waals surface area contributed by atoms with E-state index in [1.165, 1.54) is 18.9 Å². The van der Waals surface area contributed by atoms with Gasteiger partial charge >= 0.3 is 5.97 Å². The molecule has 0 saturated carbocycles. The van der Waals surface area contributed by atoms with Gasteiger partial charge in [-0.25, -0.2) is 9.78 Å². The number of carbonyl (C=O) groups is 1. The molecule has 0 aromatic carbocycles. The summed E-state index contributed by atoms with van der Waals surface area (Å²) >= 11 is 0. The molecule has 2 aliphatic rings. The van der Waals surface area contributed by atoms with Crippen LogP contribution in [0.25, 0.3) is 0 Å². The summed E-state index contributed by atoms with van der Waals surface area (Å²) < 4.78 is 16.2. The Hall–Kier alpha value is -2.19. The molecule has 0 atom stereocenters. The molecule has 2 aromatic rings. The molecule has 4 heterocycles. The van der Waals surface area contributed by atoms with Crippen molar-refractivity contribution in [3.63, 3.8) is 0 Å². The second-order valence-corrected chi connectivity index (χ2v) is 6.26. The van der Waals surface area contributed by atoms with E-state index in [1.54, 1.807) is 0 Å². The topological polar surface area (TPSA) is 93.5 Å². The van der Waals surface area contributed by atoms with E-state index in [1.807, 2.05) is 6.20 Å². The molecule has 8 heteroatoms. The van der Waals surface area contributed by atoms with Gasteiger partial charge in [-0.3, -0.25) is 10.00 Å². The minimum Gasteiger partial charge on any atom is -0.464 e. The number of H-pyrrole nitrogens is 1. The van der Waals surface area contributed by atoms with Gasteiger partial charge in [-0.15, -0.1) is 0 Å². The lowest BCUT2D eigenvalue weighted by atomic mass is 9.84. The van der Waals surface area contributed by atoms with Gasteiger partial charge in [0, 0.05) is 13.1 Å². The van der Waals surface area contributed by atoms with Crippen molar-refractivity contribution >= 4 is 5.97 Å². The molecule has 0 aliphatic carbocycles. The number of aromatic amines is 1. The van der Waals surface area contributed by atoms with Crippen LogP contribution in [0.3, 0.4) is 0 Å². The third-order valence-corrected chi connectivity index (χ3v) is 4.89. The summed E-state index contributed by atoms with van der Waals surface area (Å²) in [4.78, 5) is 17.9. The van der Waals surface area contributed by atoms with Crippen molar-refractivity contribution < 1.29 is 18.7 Å². The number of fused-ring (bicyclic) bond motifs is 2.